The predicted octanol–water partition coefficient (Wildman–Crippen LogP) is 0.687. The molecule has 1 aromatic heterocycles. The van der Waals surface area contributed by atoms with Crippen molar-refractivity contribution in [1.82, 2.24) is 15.0 Å². The number of anilines is 1. The summed E-state index contributed by atoms with van der Waals surface area (Å²) in [5, 5.41) is 2.71. The molecule has 6 heteroatoms. The van der Waals surface area contributed by atoms with Crippen LogP contribution in [-0.2, 0) is 4.79 Å². The second kappa shape index (κ2) is 5.39. The maximum Gasteiger partial charge on any atom is 0.281 e. The van der Waals surface area contributed by atoms with Crippen LogP contribution < -0.4 is 5.32 Å². The molecule has 1 N–H and O–H groups in total. The second-order valence-corrected chi connectivity index (χ2v) is 5.42. The van der Waals surface area contributed by atoms with Gasteiger partial charge in [-0.15, -0.1) is 0 Å². The number of hydrogen-bond acceptors (Lipinski definition) is 4. The van der Waals surface area contributed by atoms with E-state index in [0.717, 1.165) is 23.5 Å². The van der Waals surface area contributed by atoms with Crippen LogP contribution in [0.2, 0.25) is 0 Å². The highest BCUT2D eigenvalue weighted by Gasteiger charge is 2.30. The average Bonchev–Trinajstić information content (AvgIpc) is 2.34. The summed E-state index contributed by atoms with van der Waals surface area (Å²) < 4.78 is 0.807. The molecule has 1 fully saturated rings. The van der Waals surface area contributed by atoms with Crippen LogP contribution in [0.5, 0.6) is 0 Å². The molecule has 0 atom stereocenters. The van der Waals surface area contributed by atoms with Crippen LogP contribution in [0.3, 0.4) is 0 Å². The smallest absolute Gasteiger partial charge is 0.281 e. The zero-order chi connectivity index (χ0) is 13.0. The molecule has 2 rings (SSSR count). The highest BCUT2D eigenvalue weighted by molar-refractivity contribution is 5.89. The molecule has 0 bridgehead atoms. The van der Waals surface area contributed by atoms with Crippen molar-refractivity contribution in [2.45, 2.75) is 19.8 Å². The van der Waals surface area contributed by atoms with E-state index in [9.17, 15) is 4.79 Å². The van der Waals surface area contributed by atoms with Gasteiger partial charge in [0.05, 0.1) is 20.1 Å². The van der Waals surface area contributed by atoms with Gasteiger partial charge in [-0.25, -0.2) is 15.0 Å². The first-order valence-electron chi connectivity index (χ1n) is 6.33. The topological polar surface area (TPSA) is 67.8 Å². The molecule has 0 spiro atoms. The first-order valence-corrected chi connectivity index (χ1v) is 6.33. The van der Waals surface area contributed by atoms with E-state index < -0.39 is 0 Å². The second-order valence-electron chi connectivity index (χ2n) is 5.42. The van der Waals surface area contributed by atoms with Crippen LogP contribution in [0.15, 0.2) is 12.7 Å². The molecular formula is C12H20N5O+. The normalized spacial score (nSPS) is 27.8. The fraction of sp³-hybridized carbons (Fsp3) is 0.667. The van der Waals surface area contributed by atoms with Gasteiger partial charge < -0.3 is 4.48 Å². The zero-order valence-electron chi connectivity index (χ0n) is 11.0. The molecule has 18 heavy (non-hydrogen) atoms. The van der Waals surface area contributed by atoms with E-state index in [4.69, 9.17) is 0 Å². The Kier molecular flexibility index (Phi) is 3.86. The zero-order valence-corrected chi connectivity index (χ0v) is 11.0. The van der Waals surface area contributed by atoms with Crippen LogP contribution in [0.25, 0.3) is 0 Å². The highest BCUT2D eigenvalue weighted by Crippen LogP contribution is 2.21. The number of rotatable bonds is 3. The molecule has 1 saturated heterocycles. The van der Waals surface area contributed by atoms with Crippen molar-refractivity contribution in [2.75, 3.05) is 32.0 Å². The van der Waals surface area contributed by atoms with Crippen LogP contribution in [0, 0.1) is 5.92 Å². The fourth-order valence-electron chi connectivity index (χ4n) is 2.29. The Bertz CT molecular complexity index is 400. The number of likely N-dealkylation sites (tertiary alicyclic amines) is 1. The molecule has 0 saturated carbocycles. The number of piperidine rings is 1. The quantitative estimate of drug-likeness (QED) is 0.801. The van der Waals surface area contributed by atoms with Crippen LogP contribution in [0.4, 0.5) is 5.95 Å². The Morgan fingerprint density at radius 1 is 1.39 bits per heavy atom. The first-order chi connectivity index (χ1) is 8.57. The minimum atomic E-state index is -0.0294. The van der Waals surface area contributed by atoms with Crippen molar-refractivity contribution in [3.8, 4) is 0 Å². The van der Waals surface area contributed by atoms with Gasteiger partial charge in [0.2, 0.25) is 5.95 Å². The largest absolute Gasteiger partial charge is 0.318 e. The summed E-state index contributed by atoms with van der Waals surface area (Å²) in [5.41, 5.74) is 0. The minimum Gasteiger partial charge on any atom is -0.318 e. The van der Waals surface area contributed by atoms with E-state index in [1.165, 1.54) is 25.5 Å². The standard InChI is InChI=1S/C12H19N5O/c1-10-3-5-17(2,6-4-10)7-11(18)16-12-14-8-13-9-15-12/h8-10H,3-7H2,1-2H3/p+1. The molecule has 1 amide bonds. The summed E-state index contributed by atoms with van der Waals surface area (Å²) in [6, 6.07) is 0. The lowest BCUT2D eigenvalue weighted by atomic mass is 9.97. The van der Waals surface area contributed by atoms with Gasteiger partial charge >= 0.3 is 0 Å². The molecule has 1 aromatic rings. The van der Waals surface area contributed by atoms with Gasteiger partial charge in [0.1, 0.15) is 12.7 Å². The summed E-state index contributed by atoms with van der Waals surface area (Å²) in [4.78, 5) is 23.4. The Labute approximate surface area is 107 Å². The number of carbonyl (C=O) groups is 1. The number of nitrogens with zero attached hydrogens (tertiary/aromatic N) is 4. The first kappa shape index (κ1) is 12.9. The lowest BCUT2D eigenvalue weighted by Crippen LogP contribution is -2.53. The summed E-state index contributed by atoms with van der Waals surface area (Å²) in [6.07, 6.45) is 5.13. The molecule has 2 heterocycles. The Morgan fingerprint density at radius 3 is 2.61 bits per heavy atom. The molecule has 1 aliphatic heterocycles. The van der Waals surface area contributed by atoms with Gasteiger partial charge in [-0.3, -0.25) is 10.1 Å². The van der Waals surface area contributed by atoms with E-state index in [1.54, 1.807) is 0 Å². The van der Waals surface area contributed by atoms with E-state index in [1.807, 2.05) is 0 Å². The van der Waals surface area contributed by atoms with E-state index in [-0.39, 0.29) is 5.91 Å². The van der Waals surface area contributed by atoms with Crippen molar-refractivity contribution in [1.29, 1.82) is 0 Å². The van der Waals surface area contributed by atoms with Crippen LogP contribution >= 0.6 is 0 Å². The Hall–Kier alpha value is -1.56. The molecule has 1 aliphatic rings. The Balaban J connectivity index is 1.87. The maximum absolute atomic E-state index is 11.9. The van der Waals surface area contributed by atoms with Gasteiger partial charge in [0.25, 0.3) is 5.91 Å². The van der Waals surface area contributed by atoms with E-state index in [2.05, 4.69) is 34.2 Å². The SMILES string of the molecule is CC1CC[N+](C)(CC(=O)Nc2ncncn2)CC1. The molecule has 0 aromatic carbocycles. The maximum atomic E-state index is 11.9. The number of likely N-dealkylation sites (N-methyl/N-ethyl adjacent to an activating group) is 1. The van der Waals surface area contributed by atoms with E-state index in [0.29, 0.717) is 12.5 Å². The van der Waals surface area contributed by atoms with Crippen molar-refractivity contribution in [2.24, 2.45) is 5.92 Å². The predicted molar refractivity (Wildman–Crippen MR) is 67.6 cm³/mol. The lowest BCUT2D eigenvalue weighted by Gasteiger charge is -2.39. The number of amides is 1. The summed E-state index contributed by atoms with van der Waals surface area (Å²) in [5.74, 6) is 1.08. The summed E-state index contributed by atoms with van der Waals surface area (Å²) >= 11 is 0. The highest BCUT2D eigenvalue weighted by atomic mass is 16.2. The molecule has 0 unspecified atom stereocenters. The molecule has 6 nitrogen and oxygen atoms in total. The third-order valence-electron chi connectivity index (χ3n) is 3.59. The van der Waals surface area contributed by atoms with Gasteiger partial charge in [-0.2, -0.15) is 0 Å². The number of quaternary nitrogens is 1. The minimum absolute atomic E-state index is 0.0294. The number of hydrogen-bond donors (Lipinski definition) is 1. The summed E-state index contributed by atoms with van der Waals surface area (Å²) in [6.45, 7) is 4.88. The van der Waals surface area contributed by atoms with Gasteiger partial charge in [0.15, 0.2) is 6.54 Å². The number of nitrogens with one attached hydrogen (secondary N) is 1. The van der Waals surface area contributed by atoms with Crippen molar-refractivity contribution in [3.05, 3.63) is 12.7 Å². The fourth-order valence-corrected chi connectivity index (χ4v) is 2.29. The monoisotopic (exact) mass is 250 g/mol. The molecule has 0 aliphatic carbocycles. The van der Waals surface area contributed by atoms with Gasteiger partial charge in [0, 0.05) is 0 Å². The number of carbonyl (C=O) groups excluding carboxylic acids is 1. The van der Waals surface area contributed by atoms with Crippen molar-refractivity contribution < 1.29 is 9.28 Å². The molecule has 0 radical (unpaired) electrons. The molecular weight excluding hydrogens is 230 g/mol. The van der Waals surface area contributed by atoms with E-state index >= 15 is 0 Å². The van der Waals surface area contributed by atoms with Crippen molar-refractivity contribution in [3.63, 3.8) is 0 Å². The lowest BCUT2D eigenvalue weighted by molar-refractivity contribution is -0.907. The number of aromatic nitrogens is 3. The van der Waals surface area contributed by atoms with Crippen LogP contribution in [-0.4, -0.2) is 52.0 Å². The van der Waals surface area contributed by atoms with Gasteiger partial charge in [-0.1, -0.05) is 6.92 Å². The van der Waals surface area contributed by atoms with Crippen LogP contribution in [0.1, 0.15) is 19.8 Å². The Morgan fingerprint density at radius 2 is 2.00 bits per heavy atom. The average molecular weight is 250 g/mol. The summed E-state index contributed by atoms with van der Waals surface area (Å²) in [7, 11) is 2.14. The molecule has 98 valence electrons. The third-order valence-corrected chi connectivity index (χ3v) is 3.59. The third kappa shape index (κ3) is 3.46. The van der Waals surface area contributed by atoms with Gasteiger partial charge in [-0.05, 0) is 18.8 Å². The van der Waals surface area contributed by atoms with Crippen molar-refractivity contribution >= 4 is 11.9 Å².